The molecule has 0 amide bonds. The van der Waals surface area contributed by atoms with Gasteiger partial charge in [-0.2, -0.15) is 0 Å². The highest BCUT2D eigenvalue weighted by atomic mass is 127. The molecule has 1 heterocycles. The zero-order valence-corrected chi connectivity index (χ0v) is 8.88. The van der Waals surface area contributed by atoms with Crippen molar-refractivity contribution in [2.45, 2.75) is 13.3 Å². The number of pyridine rings is 1. The molecule has 0 radical (unpaired) electrons. The molecule has 0 unspecified atom stereocenters. The van der Waals surface area contributed by atoms with Crippen molar-refractivity contribution in [2.24, 2.45) is 0 Å². The highest BCUT2D eigenvalue weighted by Gasteiger charge is 2.17. The van der Waals surface area contributed by atoms with Gasteiger partial charge in [0.2, 0.25) is 0 Å². The molecule has 0 atom stereocenters. The zero-order chi connectivity index (χ0) is 10.0. The first-order chi connectivity index (χ1) is 6.07. The second kappa shape index (κ2) is 4.08. The van der Waals surface area contributed by atoms with E-state index in [0.29, 0.717) is 6.29 Å². The van der Waals surface area contributed by atoms with E-state index in [1.165, 1.54) is 13.1 Å². The van der Waals surface area contributed by atoms with E-state index in [2.05, 4.69) is 4.98 Å². The van der Waals surface area contributed by atoms with Crippen LogP contribution in [-0.2, 0) is 0 Å². The summed E-state index contributed by atoms with van der Waals surface area (Å²) in [4.78, 5) is 14.1. The minimum atomic E-state index is -2.58. The summed E-state index contributed by atoms with van der Waals surface area (Å²) in [6.07, 6.45) is -0.755. The van der Waals surface area contributed by atoms with Crippen LogP contribution in [0.3, 0.4) is 0 Å². The minimum Gasteiger partial charge on any atom is -0.298 e. The number of carbonyl (C=O) groups excluding carboxylic acids is 1. The van der Waals surface area contributed by atoms with Crippen molar-refractivity contribution in [1.29, 1.82) is 0 Å². The number of hydrogen-bond donors (Lipinski definition) is 0. The number of nitrogens with zero attached hydrogens (tertiary/aromatic N) is 1. The number of aryl methyl sites for hydroxylation is 1. The molecule has 0 N–H and O–H groups in total. The van der Waals surface area contributed by atoms with Gasteiger partial charge in [0, 0.05) is 21.0 Å². The summed E-state index contributed by atoms with van der Waals surface area (Å²) >= 11 is 1.73. The van der Waals surface area contributed by atoms with Gasteiger partial charge in [-0.3, -0.25) is 9.78 Å². The number of halogens is 3. The van der Waals surface area contributed by atoms with Crippen molar-refractivity contribution < 1.29 is 13.6 Å². The summed E-state index contributed by atoms with van der Waals surface area (Å²) in [7, 11) is 0. The van der Waals surface area contributed by atoms with E-state index in [1.807, 2.05) is 0 Å². The van der Waals surface area contributed by atoms with Crippen LogP contribution in [0.15, 0.2) is 6.20 Å². The van der Waals surface area contributed by atoms with E-state index < -0.39 is 6.43 Å². The van der Waals surface area contributed by atoms with E-state index in [0.717, 1.165) is 0 Å². The number of carbonyl (C=O) groups is 1. The van der Waals surface area contributed by atoms with Gasteiger partial charge in [0.05, 0.1) is 5.56 Å². The van der Waals surface area contributed by atoms with Crippen molar-refractivity contribution in [3.05, 3.63) is 26.6 Å². The molecule has 0 aliphatic carbocycles. The Morgan fingerprint density at radius 3 is 2.69 bits per heavy atom. The van der Waals surface area contributed by atoms with Gasteiger partial charge in [0.25, 0.3) is 6.43 Å². The number of rotatable bonds is 2. The van der Waals surface area contributed by atoms with Gasteiger partial charge in [0.15, 0.2) is 6.29 Å². The van der Waals surface area contributed by atoms with Crippen molar-refractivity contribution in [2.75, 3.05) is 0 Å². The molecule has 0 saturated heterocycles. The highest BCUT2D eigenvalue weighted by Crippen LogP contribution is 2.27. The minimum absolute atomic E-state index is 0.148. The third-order valence-electron chi connectivity index (χ3n) is 1.62. The van der Waals surface area contributed by atoms with E-state index in [4.69, 9.17) is 0 Å². The van der Waals surface area contributed by atoms with Gasteiger partial charge < -0.3 is 0 Å². The fourth-order valence-electron chi connectivity index (χ4n) is 0.943. The van der Waals surface area contributed by atoms with Crippen molar-refractivity contribution >= 4 is 28.9 Å². The Morgan fingerprint density at radius 1 is 1.62 bits per heavy atom. The Hall–Kier alpha value is -0.590. The van der Waals surface area contributed by atoms with Gasteiger partial charge in [-0.15, -0.1) is 0 Å². The van der Waals surface area contributed by atoms with E-state index >= 15 is 0 Å². The molecule has 0 aliphatic rings. The van der Waals surface area contributed by atoms with Crippen LogP contribution >= 0.6 is 22.6 Å². The second-order valence-electron chi connectivity index (χ2n) is 2.45. The van der Waals surface area contributed by atoms with Crippen molar-refractivity contribution in [1.82, 2.24) is 4.98 Å². The fourth-order valence-corrected chi connectivity index (χ4v) is 1.83. The Labute approximate surface area is 87.5 Å². The molecule has 1 aromatic rings. The van der Waals surface area contributed by atoms with Crippen LogP contribution in [0, 0.1) is 10.5 Å². The highest BCUT2D eigenvalue weighted by molar-refractivity contribution is 14.1. The lowest BCUT2D eigenvalue weighted by atomic mass is 10.1. The fraction of sp³-hybridized carbons (Fsp3) is 0.250. The van der Waals surface area contributed by atoms with Gasteiger partial charge in [0.1, 0.15) is 0 Å². The molecule has 0 aromatic carbocycles. The first-order valence-electron chi connectivity index (χ1n) is 3.46. The van der Waals surface area contributed by atoms with Crippen LogP contribution in [0.4, 0.5) is 8.78 Å². The van der Waals surface area contributed by atoms with Crippen molar-refractivity contribution in [3.8, 4) is 0 Å². The average molecular weight is 297 g/mol. The third-order valence-corrected chi connectivity index (χ3v) is 2.83. The first kappa shape index (κ1) is 10.5. The molecule has 1 aromatic heterocycles. The summed E-state index contributed by atoms with van der Waals surface area (Å²) in [5.41, 5.74) is 0.330. The van der Waals surface area contributed by atoms with Crippen molar-refractivity contribution in [3.63, 3.8) is 0 Å². The maximum atomic E-state index is 12.4. The number of aromatic nitrogens is 1. The molecular weight excluding hydrogens is 291 g/mol. The lowest BCUT2D eigenvalue weighted by Gasteiger charge is -2.07. The summed E-state index contributed by atoms with van der Waals surface area (Å²) in [5.74, 6) is 0. The molecule has 0 spiro atoms. The topological polar surface area (TPSA) is 30.0 Å². The largest absolute Gasteiger partial charge is 0.298 e. The molecule has 5 heteroatoms. The Balaban J connectivity index is 3.38. The molecule has 0 aliphatic heterocycles. The molecule has 1 rings (SSSR count). The molecule has 0 fully saturated rings. The molecular formula is C8H6F2INO. The Kier molecular flexibility index (Phi) is 3.29. The van der Waals surface area contributed by atoms with Gasteiger partial charge in [-0.05, 0) is 29.5 Å². The Morgan fingerprint density at radius 2 is 2.23 bits per heavy atom. The standard InChI is InChI=1S/C8H6F2INO/c1-4-6(8(9)10)7(11)5(3-13)2-12-4/h2-3,8H,1H3. The summed E-state index contributed by atoms with van der Waals surface area (Å²) < 4.78 is 25.2. The number of hydrogen-bond acceptors (Lipinski definition) is 2. The first-order valence-corrected chi connectivity index (χ1v) is 4.54. The van der Waals surface area contributed by atoms with Crippen LogP contribution in [0.25, 0.3) is 0 Å². The van der Waals surface area contributed by atoms with Gasteiger partial charge in [-0.1, -0.05) is 0 Å². The lowest BCUT2D eigenvalue weighted by Crippen LogP contribution is -2.01. The smallest absolute Gasteiger partial charge is 0.266 e. The quantitative estimate of drug-likeness (QED) is 0.620. The molecule has 0 saturated carbocycles. The normalized spacial score (nSPS) is 10.5. The van der Waals surface area contributed by atoms with Crippen LogP contribution in [-0.4, -0.2) is 11.3 Å². The van der Waals surface area contributed by atoms with Crippen LogP contribution in [0.2, 0.25) is 0 Å². The number of alkyl halides is 2. The summed E-state index contributed by atoms with van der Waals surface area (Å²) in [5, 5.41) is 0. The SMILES string of the molecule is Cc1ncc(C=O)c(I)c1C(F)F. The molecule has 0 bridgehead atoms. The predicted octanol–water partition coefficient (Wildman–Crippen LogP) is 2.74. The predicted molar refractivity (Wildman–Crippen MR) is 52.0 cm³/mol. The number of aldehydes is 1. The van der Waals surface area contributed by atoms with E-state index in [1.54, 1.807) is 22.6 Å². The van der Waals surface area contributed by atoms with E-state index in [-0.39, 0.29) is 20.4 Å². The third kappa shape index (κ3) is 2.01. The monoisotopic (exact) mass is 297 g/mol. The van der Waals surface area contributed by atoms with Gasteiger partial charge in [-0.25, -0.2) is 8.78 Å². The molecule has 2 nitrogen and oxygen atoms in total. The average Bonchev–Trinajstić information content (AvgIpc) is 2.04. The Bertz CT molecular complexity index is 341. The van der Waals surface area contributed by atoms with Crippen LogP contribution in [0.5, 0.6) is 0 Å². The zero-order valence-electron chi connectivity index (χ0n) is 6.72. The van der Waals surface area contributed by atoms with Crippen LogP contribution in [0.1, 0.15) is 28.0 Å². The summed E-state index contributed by atoms with van der Waals surface area (Å²) in [6, 6.07) is 0. The maximum Gasteiger partial charge on any atom is 0.266 e. The lowest BCUT2D eigenvalue weighted by molar-refractivity contribution is 0.112. The summed E-state index contributed by atoms with van der Waals surface area (Å²) in [6.45, 7) is 1.50. The maximum absolute atomic E-state index is 12.4. The second-order valence-corrected chi connectivity index (χ2v) is 3.52. The molecule has 13 heavy (non-hydrogen) atoms. The molecule has 70 valence electrons. The van der Waals surface area contributed by atoms with E-state index in [9.17, 15) is 13.6 Å². The van der Waals surface area contributed by atoms with Gasteiger partial charge >= 0.3 is 0 Å². The van der Waals surface area contributed by atoms with Crippen LogP contribution < -0.4 is 0 Å².